The molecular formula is C28H34N2O5. The van der Waals surface area contributed by atoms with Gasteiger partial charge in [0.2, 0.25) is 5.91 Å². The second kappa shape index (κ2) is 11.4. The number of fused-ring (bicyclic) bond motifs is 3. The fourth-order valence-corrected chi connectivity index (χ4v) is 5.47. The van der Waals surface area contributed by atoms with Crippen molar-refractivity contribution in [3.05, 3.63) is 59.7 Å². The van der Waals surface area contributed by atoms with Gasteiger partial charge in [0.15, 0.2) is 0 Å². The molecule has 2 aromatic carbocycles. The third-order valence-corrected chi connectivity index (χ3v) is 7.21. The molecule has 35 heavy (non-hydrogen) atoms. The van der Waals surface area contributed by atoms with Crippen molar-refractivity contribution in [1.82, 2.24) is 10.6 Å². The molecule has 0 radical (unpaired) electrons. The predicted octanol–water partition coefficient (Wildman–Crippen LogP) is 4.84. The van der Waals surface area contributed by atoms with Crippen molar-refractivity contribution in [2.75, 3.05) is 6.61 Å². The molecule has 2 amide bonds. The first kappa shape index (κ1) is 24.8. The topological polar surface area (TPSA) is 105 Å². The lowest BCUT2D eigenvalue weighted by atomic mass is 9.82. The molecule has 0 saturated heterocycles. The fraction of sp³-hybridized carbons (Fsp3) is 0.464. The number of nitrogens with one attached hydrogen (secondary N) is 2. The van der Waals surface area contributed by atoms with Crippen LogP contribution in [0.3, 0.4) is 0 Å². The van der Waals surface area contributed by atoms with E-state index < -0.39 is 18.1 Å². The van der Waals surface area contributed by atoms with Crippen LogP contribution in [0.5, 0.6) is 0 Å². The number of carbonyl (C=O) groups is 3. The van der Waals surface area contributed by atoms with Gasteiger partial charge in [0.25, 0.3) is 0 Å². The average molecular weight is 479 g/mol. The zero-order chi connectivity index (χ0) is 24.8. The molecule has 0 aliphatic heterocycles. The molecule has 3 atom stereocenters. The monoisotopic (exact) mass is 478 g/mol. The minimum absolute atomic E-state index is 0.00685. The zero-order valence-corrected chi connectivity index (χ0v) is 20.2. The highest BCUT2D eigenvalue weighted by Crippen LogP contribution is 2.44. The quantitative estimate of drug-likeness (QED) is 0.478. The number of aliphatic carboxylic acids is 1. The number of carboxylic acids is 1. The van der Waals surface area contributed by atoms with E-state index in [1.165, 1.54) is 11.1 Å². The molecule has 0 heterocycles. The minimum Gasteiger partial charge on any atom is -0.480 e. The Morgan fingerprint density at radius 3 is 2.26 bits per heavy atom. The van der Waals surface area contributed by atoms with E-state index in [0.717, 1.165) is 36.8 Å². The van der Waals surface area contributed by atoms with Gasteiger partial charge in [0, 0.05) is 18.4 Å². The summed E-state index contributed by atoms with van der Waals surface area (Å²) in [6, 6.07) is 15.4. The van der Waals surface area contributed by atoms with E-state index in [0.29, 0.717) is 12.8 Å². The molecule has 7 nitrogen and oxygen atoms in total. The van der Waals surface area contributed by atoms with Crippen LogP contribution in [-0.4, -0.2) is 41.8 Å². The molecule has 0 aromatic heterocycles. The van der Waals surface area contributed by atoms with Crippen molar-refractivity contribution >= 4 is 18.0 Å². The van der Waals surface area contributed by atoms with E-state index in [-0.39, 0.29) is 36.8 Å². The summed E-state index contributed by atoms with van der Waals surface area (Å²) in [5.41, 5.74) is 4.68. The number of carboxylic acid groups (broad SMARTS) is 1. The average Bonchev–Trinajstić information content (AvgIpc) is 3.17. The fourth-order valence-electron chi connectivity index (χ4n) is 5.47. The minimum atomic E-state index is -1.02. The van der Waals surface area contributed by atoms with Crippen LogP contribution in [0.2, 0.25) is 0 Å². The smallest absolute Gasteiger partial charge is 0.407 e. The Bertz CT molecular complexity index is 1020. The first-order valence-corrected chi connectivity index (χ1v) is 12.6. The summed E-state index contributed by atoms with van der Waals surface area (Å²) < 4.78 is 5.70. The summed E-state index contributed by atoms with van der Waals surface area (Å²) in [7, 11) is 0. The molecule has 0 spiro atoms. The number of benzene rings is 2. The maximum absolute atomic E-state index is 12.8. The highest BCUT2D eigenvalue weighted by Gasteiger charge is 2.32. The van der Waals surface area contributed by atoms with Crippen molar-refractivity contribution in [3.63, 3.8) is 0 Å². The Kier molecular flexibility index (Phi) is 8.06. The van der Waals surface area contributed by atoms with Crippen molar-refractivity contribution in [3.8, 4) is 11.1 Å². The summed E-state index contributed by atoms with van der Waals surface area (Å²) in [6.45, 7) is 2.13. The van der Waals surface area contributed by atoms with Crippen LogP contribution in [-0.2, 0) is 14.3 Å². The zero-order valence-electron chi connectivity index (χ0n) is 20.2. The maximum Gasteiger partial charge on any atom is 0.407 e. The lowest BCUT2D eigenvalue weighted by Gasteiger charge is -2.32. The molecule has 7 heteroatoms. The van der Waals surface area contributed by atoms with Crippen molar-refractivity contribution in [2.24, 2.45) is 5.92 Å². The third kappa shape index (κ3) is 5.84. The standard InChI is InChI=1S/C28H34N2O5/c1-2-9-25(27(32)33)29-26(31)16-18-10-3-8-15-24(18)30-28(34)35-17-23-21-13-6-4-11-19(21)20-12-5-7-14-22(20)23/h4-7,11-14,18,23-25H,2-3,8-10,15-17H2,1H3,(H,29,31)(H,30,34)(H,32,33). The molecule has 1 fully saturated rings. The number of hydrogen-bond donors (Lipinski definition) is 3. The van der Waals surface area contributed by atoms with Crippen molar-refractivity contribution in [2.45, 2.75) is 69.9 Å². The van der Waals surface area contributed by atoms with Crippen LogP contribution in [0.25, 0.3) is 11.1 Å². The molecule has 186 valence electrons. The van der Waals surface area contributed by atoms with E-state index in [1.807, 2.05) is 31.2 Å². The van der Waals surface area contributed by atoms with E-state index >= 15 is 0 Å². The van der Waals surface area contributed by atoms with Crippen molar-refractivity contribution in [1.29, 1.82) is 0 Å². The summed E-state index contributed by atoms with van der Waals surface area (Å²) in [5, 5.41) is 14.9. The maximum atomic E-state index is 12.8. The van der Waals surface area contributed by atoms with Gasteiger partial charge in [0.05, 0.1) is 0 Å². The number of rotatable bonds is 9. The predicted molar refractivity (Wildman–Crippen MR) is 133 cm³/mol. The molecule has 2 aromatic rings. The molecule has 2 aliphatic carbocycles. The van der Waals surface area contributed by atoms with Gasteiger partial charge < -0.3 is 20.5 Å². The number of ether oxygens (including phenoxy) is 1. The second-order valence-corrected chi connectivity index (χ2v) is 9.57. The van der Waals surface area contributed by atoms with E-state index in [4.69, 9.17) is 4.74 Å². The molecular weight excluding hydrogens is 444 g/mol. The van der Waals surface area contributed by atoms with Crippen LogP contribution in [0.4, 0.5) is 4.79 Å². The number of amides is 2. The first-order valence-electron chi connectivity index (χ1n) is 12.6. The third-order valence-electron chi connectivity index (χ3n) is 7.21. The molecule has 3 unspecified atom stereocenters. The van der Waals surface area contributed by atoms with Gasteiger partial charge in [-0.15, -0.1) is 0 Å². The SMILES string of the molecule is CCCC(NC(=O)CC1CCCCC1NC(=O)OCC1c2ccccc2-c2ccccc21)C(=O)O. The number of hydrogen-bond acceptors (Lipinski definition) is 4. The Morgan fingerprint density at radius 2 is 1.63 bits per heavy atom. The first-order chi connectivity index (χ1) is 17.0. The van der Waals surface area contributed by atoms with Crippen LogP contribution < -0.4 is 10.6 Å². The Hall–Kier alpha value is -3.35. The lowest BCUT2D eigenvalue weighted by Crippen LogP contribution is -2.46. The normalized spacial score (nSPS) is 19.8. The van der Waals surface area contributed by atoms with E-state index in [2.05, 4.69) is 34.9 Å². The van der Waals surface area contributed by atoms with Gasteiger partial charge in [-0.1, -0.05) is 74.7 Å². The van der Waals surface area contributed by atoms with Crippen LogP contribution >= 0.6 is 0 Å². The Balaban J connectivity index is 1.34. The summed E-state index contributed by atoms with van der Waals surface area (Å²) in [4.78, 5) is 36.7. The summed E-state index contributed by atoms with van der Waals surface area (Å²) in [5.74, 6) is -1.35. The van der Waals surface area contributed by atoms with Gasteiger partial charge >= 0.3 is 12.1 Å². The number of alkyl carbamates (subject to hydrolysis) is 1. The molecule has 0 bridgehead atoms. The van der Waals surface area contributed by atoms with Crippen LogP contribution in [0, 0.1) is 5.92 Å². The summed E-state index contributed by atoms with van der Waals surface area (Å²) >= 11 is 0. The van der Waals surface area contributed by atoms with E-state index in [9.17, 15) is 19.5 Å². The Morgan fingerprint density at radius 1 is 1.00 bits per heavy atom. The molecule has 3 N–H and O–H groups in total. The van der Waals surface area contributed by atoms with Crippen molar-refractivity contribution < 1.29 is 24.2 Å². The molecule has 2 aliphatic rings. The largest absolute Gasteiger partial charge is 0.480 e. The van der Waals surface area contributed by atoms with Gasteiger partial charge in [-0.25, -0.2) is 9.59 Å². The van der Waals surface area contributed by atoms with Gasteiger partial charge in [0.1, 0.15) is 12.6 Å². The summed E-state index contributed by atoms with van der Waals surface area (Å²) in [6.07, 6.45) is 4.34. The lowest BCUT2D eigenvalue weighted by molar-refractivity contribution is -0.142. The molecule has 1 saturated carbocycles. The number of carbonyl (C=O) groups excluding carboxylic acids is 2. The molecule has 4 rings (SSSR count). The second-order valence-electron chi connectivity index (χ2n) is 9.57. The highest BCUT2D eigenvalue weighted by atomic mass is 16.5. The van der Waals surface area contributed by atoms with Gasteiger partial charge in [-0.05, 0) is 47.4 Å². The van der Waals surface area contributed by atoms with Crippen LogP contribution in [0.1, 0.15) is 68.9 Å². The van der Waals surface area contributed by atoms with Gasteiger partial charge in [-0.3, -0.25) is 4.79 Å². The van der Waals surface area contributed by atoms with Gasteiger partial charge in [-0.2, -0.15) is 0 Å². The highest BCUT2D eigenvalue weighted by molar-refractivity contribution is 5.83. The Labute approximate surface area is 206 Å². The van der Waals surface area contributed by atoms with Crippen LogP contribution in [0.15, 0.2) is 48.5 Å². The van der Waals surface area contributed by atoms with E-state index in [1.54, 1.807) is 0 Å².